The van der Waals surface area contributed by atoms with E-state index in [-0.39, 0.29) is 5.56 Å². The van der Waals surface area contributed by atoms with E-state index in [1.807, 2.05) is 30.3 Å². The molecule has 0 atom stereocenters. The Labute approximate surface area is 143 Å². The molecule has 2 aromatic rings. The van der Waals surface area contributed by atoms with E-state index < -0.39 is 29.8 Å². The van der Waals surface area contributed by atoms with E-state index in [9.17, 15) is 14.4 Å². The SMILES string of the molecule is CC(C)(C(=O)OCC(=O)Nc1sccc1C(N)=O)c1ccccc1. The van der Waals surface area contributed by atoms with Gasteiger partial charge in [0.15, 0.2) is 6.61 Å². The molecule has 1 aromatic carbocycles. The molecule has 1 heterocycles. The van der Waals surface area contributed by atoms with E-state index in [0.717, 1.165) is 5.56 Å². The van der Waals surface area contributed by atoms with E-state index in [2.05, 4.69) is 5.32 Å². The quantitative estimate of drug-likeness (QED) is 0.784. The predicted octanol–water partition coefficient (Wildman–Crippen LogP) is 2.31. The fraction of sp³-hybridized carbons (Fsp3) is 0.235. The lowest BCUT2D eigenvalue weighted by Gasteiger charge is -2.22. The molecule has 0 radical (unpaired) electrons. The summed E-state index contributed by atoms with van der Waals surface area (Å²) in [5, 5.41) is 4.50. The molecule has 2 amide bonds. The third kappa shape index (κ3) is 3.99. The molecular formula is C17H18N2O4S. The van der Waals surface area contributed by atoms with Gasteiger partial charge in [-0.1, -0.05) is 30.3 Å². The second-order valence-corrected chi connectivity index (χ2v) is 6.56. The summed E-state index contributed by atoms with van der Waals surface area (Å²) in [6.45, 7) is 3.02. The van der Waals surface area contributed by atoms with Crippen LogP contribution in [0.1, 0.15) is 29.8 Å². The van der Waals surface area contributed by atoms with E-state index in [1.165, 1.54) is 17.4 Å². The van der Waals surface area contributed by atoms with Crippen molar-refractivity contribution in [2.45, 2.75) is 19.3 Å². The Morgan fingerprint density at radius 1 is 1.17 bits per heavy atom. The Morgan fingerprint density at radius 3 is 2.46 bits per heavy atom. The van der Waals surface area contributed by atoms with Crippen molar-refractivity contribution in [3.63, 3.8) is 0 Å². The van der Waals surface area contributed by atoms with Crippen molar-refractivity contribution < 1.29 is 19.1 Å². The summed E-state index contributed by atoms with van der Waals surface area (Å²) in [6.07, 6.45) is 0. The van der Waals surface area contributed by atoms with Gasteiger partial charge in [-0.25, -0.2) is 0 Å². The third-order valence-corrected chi connectivity index (χ3v) is 4.35. The molecule has 24 heavy (non-hydrogen) atoms. The second kappa shape index (κ2) is 7.27. The maximum Gasteiger partial charge on any atom is 0.316 e. The van der Waals surface area contributed by atoms with Gasteiger partial charge in [-0.3, -0.25) is 14.4 Å². The number of hydrogen-bond acceptors (Lipinski definition) is 5. The maximum atomic E-state index is 12.3. The second-order valence-electron chi connectivity index (χ2n) is 5.64. The van der Waals surface area contributed by atoms with Gasteiger partial charge in [0, 0.05) is 0 Å². The first-order chi connectivity index (χ1) is 11.3. The van der Waals surface area contributed by atoms with Crippen molar-refractivity contribution in [3.8, 4) is 0 Å². The van der Waals surface area contributed by atoms with Crippen LogP contribution < -0.4 is 11.1 Å². The molecule has 6 nitrogen and oxygen atoms in total. The van der Waals surface area contributed by atoms with Gasteiger partial charge >= 0.3 is 5.97 Å². The zero-order valence-corrected chi connectivity index (χ0v) is 14.2. The number of amides is 2. The third-order valence-electron chi connectivity index (χ3n) is 3.52. The molecule has 0 fully saturated rings. The molecule has 1 aromatic heterocycles. The van der Waals surface area contributed by atoms with Crippen molar-refractivity contribution >= 4 is 34.1 Å². The van der Waals surface area contributed by atoms with Crippen molar-refractivity contribution in [2.24, 2.45) is 5.73 Å². The van der Waals surface area contributed by atoms with Crippen LogP contribution in [-0.2, 0) is 19.7 Å². The number of rotatable bonds is 6. The summed E-state index contributed by atoms with van der Waals surface area (Å²) >= 11 is 1.17. The summed E-state index contributed by atoms with van der Waals surface area (Å²) < 4.78 is 5.11. The van der Waals surface area contributed by atoms with Crippen LogP contribution in [0.5, 0.6) is 0 Å². The van der Waals surface area contributed by atoms with Gasteiger partial charge in [0.1, 0.15) is 5.00 Å². The van der Waals surface area contributed by atoms with Gasteiger partial charge in [-0.05, 0) is 30.9 Å². The Morgan fingerprint density at radius 2 is 1.83 bits per heavy atom. The molecule has 2 rings (SSSR count). The molecule has 0 aliphatic rings. The molecule has 0 saturated heterocycles. The Bertz CT molecular complexity index is 753. The average Bonchev–Trinajstić information content (AvgIpc) is 3.01. The number of primary amides is 1. The summed E-state index contributed by atoms with van der Waals surface area (Å²) in [5.74, 6) is -1.67. The molecule has 7 heteroatoms. The van der Waals surface area contributed by atoms with E-state index in [4.69, 9.17) is 10.5 Å². The Kier molecular flexibility index (Phi) is 5.35. The highest BCUT2D eigenvalue weighted by Gasteiger charge is 2.31. The minimum Gasteiger partial charge on any atom is -0.455 e. The predicted molar refractivity (Wildman–Crippen MR) is 91.9 cm³/mol. The minimum atomic E-state index is -0.872. The van der Waals surface area contributed by atoms with Crippen molar-refractivity contribution in [3.05, 3.63) is 52.9 Å². The van der Waals surface area contributed by atoms with Gasteiger partial charge in [0.2, 0.25) is 0 Å². The van der Waals surface area contributed by atoms with Crippen molar-refractivity contribution in [1.82, 2.24) is 0 Å². The van der Waals surface area contributed by atoms with Gasteiger partial charge in [-0.2, -0.15) is 0 Å². The maximum absolute atomic E-state index is 12.3. The Balaban J connectivity index is 1.95. The molecule has 0 unspecified atom stereocenters. The molecular weight excluding hydrogens is 328 g/mol. The first-order valence-electron chi connectivity index (χ1n) is 7.22. The van der Waals surface area contributed by atoms with Crippen molar-refractivity contribution in [1.29, 1.82) is 0 Å². The number of carbonyl (C=O) groups excluding carboxylic acids is 3. The topological polar surface area (TPSA) is 98.5 Å². The van der Waals surface area contributed by atoms with Crippen LogP contribution in [0, 0.1) is 0 Å². The molecule has 0 saturated carbocycles. The average molecular weight is 346 g/mol. The standard InChI is InChI=1S/C17H18N2O4S/c1-17(2,11-6-4-3-5-7-11)16(22)23-10-13(20)19-15-12(14(18)21)8-9-24-15/h3-9H,10H2,1-2H3,(H2,18,21)(H,19,20). The number of hydrogen-bond donors (Lipinski definition) is 2. The summed E-state index contributed by atoms with van der Waals surface area (Å²) in [4.78, 5) is 35.4. The highest BCUT2D eigenvalue weighted by Crippen LogP contribution is 2.25. The number of benzene rings is 1. The van der Waals surface area contributed by atoms with Crippen LogP contribution in [0.4, 0.5) is 5.00 Å². The number of nitrogens with one attached hydrogen (secondary N) is 1. The number of anilines is 1. The zero-order chi connectivity index (χ0) is 17.7. The fourth-order valence-electron chi connectivity index (χ4n) is 2.05. The van der Waals surface area contributed by atoms with Crippen LogP contribution in [0.15, 0.2) is 41.8 Å². The number of esters is 1. The summed E-state index contributed by atoms with van der Waals surface area (Å²) in [5.41, 5.74) is 5.36. The number of nitrogens with two attached hydrogens (primary N) is 1. The smallest absolute Gasteiger partial charge is 0.316 e. The first kappa shape index (κ1) is 17.7. The van der Waals surface area contributed by atoms with E-state index >= 15 is 0 Å². The normalized spacial score (nSPS) is 10.9. The fourth-order valence-corrected chi connectivity index (χ4v) is 2.86. The number of ether oxygens (including phenoxy) is 1. The monoisotopic (exact) mass is 346 g/mol. The number of thiophene rings is 1. The van der Waals surface area contributed by atoms with Gasteiger partial charge in [0.05, 0.1) is 11.0 Å². The summed E-state index contributed by atoms with van der Waals surface area (Å²) in [6, 6.07) is 10.7. The van der Waals surface area contributed by atoms with Gasteiger partial charge in [-0.15, -0.1) is 11.3 Å². The lowest BCUT2D eigenvalue weighted by Crippen LogP contribution is -2.33. The first-order valence-corrected chi connectivity index (χ1v) is 8.10. The molecule has 0 spiro atoms. The van der Waals surface area contributed by atoms with Crippen LogP contribution in [0.25, 0.3) is 0 Å². The van der Waals surface area contributed by atoms with Gasteiger partial charge < -0.3 is 15.8 Å². The minimum absolute atomic E-state index is 0.226. The molecule has 0 aliphatic heterocycles. The highest BCUT2D eigenvalue weighted by molar-refractivity contribution is 7.14. The Hall–Kier alpha value is -2.67. The van der Waals surface area contributed by atoms with Crippen molar-refractivity contribution in [2.75, 3.05) is 11.9 Å². The number of carbonyl (C=O) groups is 3. The van der Waals surface area contributed by atoms with Crippen LogP contribution >= 0.6 is 11.3 Å². The van der Waals surface area contributed by atoms with Gasteiger partial charge in [0.25, 0.3) is 11.8 Å². The molecule has 0 aliphatic carbocycles. The largest absolute Gasteiger partial charge is 0.455 e. The van der Waals surface area contributed by atoms with Crippen LogP contribution in [-0.4, -0.2) is 24.4 Å². The lowest BCUT2D eigenvalue weighted by molar-refractivity contribution is -0.152. The van der Waals surface area contributed by atoms with Crippen LogP contribution in [0.3, 0.4) is 0 Å². The lowest BCUT2D eigenvalue weighted by atomic mass is 9.85. The highest BCUT2D eigenvalue weighted by atomic mass is 32.1. The molecule has 0 bridgehead atoms. The van der Waals surface area contributed by atoms with Crippen LogP contribution in [0.2, 0.25) is 0 Å². The zero-order valence-electron chi connectivity index (χ0n) is 13.4. The van der Waals surface area contributed by atoms with E-state index in [1.54, 1.807) is 19.2 Å². The molecule has 126 valence electrons. The summed E-state index contributed by atoms with van der Waals surface area (Å²) in [7, 11) is 0. The van der Waals surface area contributed by atoms with E-state index in [0.29, 0.717) is 5.00 Å². The molecule has 3 N–H and O–H groups in total.